The maximum atomic E-state index is 13.3. The lowest BCUT2D eigenvalue weighted by Gasteiger charge is -2.46. The summed E-state index contributed by atoms with van der Waals surface area (Å²) >= 11 is 0. The van der Waals surface area contributed by atoms with E-state index in [0.717, 1.165) is 57.8 Å². The first kappa shape index (κ1) is 67.8. The van der Waals surface area contributed by atoms with Crippen LogP contribution in [0.4, 0.5) is 0 Å². The van der Waals surface area contributed by atoms with Crippen molar-refractivity contribution in [2.24, 2.45) is 0 Å². The fourth-order valence-electron chi connectivity index (χ4n) is 10.3. The molecule has 9 N–H and O–H groups in total. The number of aliphatic hydroxyl groups excluding tert-OH is 8. The highest BCUT2D eigenvalue weighted by Gasteiger charge is 2.51. The molecule has 0 saturated carbocycles. The zero-order chi connectivity index (χ0) is 53.2. The van der Waals surface area contributed by atoms with Gasteiger partial charge in [-0.1, -0.05) is 231 Å². The van der Waals surface area contributed by atoms with Gasteiger partial charge in [0.05, 0.1) is 32.0 Å². The number of aliphatic hydroxyl groups is 8. The lowest BCUT2D eigenvalue weighted by Crippen LogP contribution is -2.65. The van der Waals surface area contributed by atoms with Crippen molar-refractivity contribution in [2.45, 2.75) is 338 Å². The molecule has 0 aromatic heterocycles. The molecule has 0 aliphatic carbocycles. The van der Waals surface area contributed by atoms with Crippen molar-refractivity contribution in [1.29, 1.82) is 0 Å². The molecule has 0 radical (unpaired) electrons. The maximum Gasteiger partial charge on any atom is 0.220 e. The minimum absolute atomic E-state index is 0.207. The van der Waals surface area contributed by atoms with Crippen LogP contribution in [0.25, 0.3) is 0 Å². The minimum Gasteiger partial charge on any atom is -0.394 e. The second-order valence-corrected chi connectivity index (χ2v) is 21.8. The molecule has 2 heterocycles. The Morgan fingerprint density at radius 1 is 0.479 bits per heavy atom. The van der Waals surface area contributed by atoms with E-state index >= 15 is 0 Å². The smallest absolute Gasteiger partial charge is 0.220 e. The van der Waals surface area contributed by atoms with Crippen molar-refractivity contribution in [3.63, 3.8) is 0 Å². The third-order valence-electron chi connectivity index (χ3n) is 15.2. The van der Waals surface area contributed by atoms with Crippen LogP contribution in [0.15, 0.2) is 12.2 Å². The van der Waals surface area contributed by atoms with Gasteiger partial charge in [-0.2, -0.15) is 0 Å². The van der Waals surface area contributed by atoms with Crippen molar-refractivity contribution >= 4 is 5.91 Å². The van der Waals surface area contributed by atoms with Crippen LogP contribution in [0.5, 0.6) is 0 Å². The summed E-state index contributed by atoms with van der Waals surface area (Å²) in [6.07, 6.45) is 34.9. The van der Waals surface area contributed by atoms with Crippen molar-refractivity contribution in [3.8, 4) is 0 Å². The predicted molar refractivity (Wildman–Crippen MR) is 291 cm³/mol. The summed E-state index contributed by atoms with van der Waals surface area (Å²) < 4.78 is 22.8. The van der Waals surface area contributed by atoms with E-state index in [-0.39, 0.29) is 12.5 Å². The van der Waals surface area contributed by atoms with E-state index in [1.54, 1.807) is 0 Å². The summed E-state index contributed by atoms with van der Waals surface area (Å²) in [6.45, 7) is 2.89. The van der Waals surface area contributed by atoms with Gasteiger partial charge in [0, 0.05) is 6.42 Å². The van der Waals surface area contributed by atoms with E-state index in [4.69, 9.17) is 18.9 Å². The van der Waals surface area contributed by atoms with Crippen molar-refractivity contribution < 1.29 is 64.6 Å². The summed E-state index contributed by atoms with van der Waals surface area (Å²) in [4.78, 5) is 13.3. The standard InChI is InChI=1S/C59H113NO13/c1-3-5-7-9-11-13-15-17-19-21-23-24-25-26-28-30-32-34-36-38-40-42-48(63)47(60-51(64)43-41-39-37-35-33-31-29-27-22-20-18-16-14-12-10-8-6-4-2)46-70-58-56(69)54(67)57(50(45-62)72-58)73-59-55(68)53(66)52(65)49(44-61)71-59/h20,22,47-50,52-59,61-63,65-69H,3-19,21,23-46H2,1-2H3,(H,60,64)/b22-20-. The lowest BCUT2D eigenvalue weighted by molar-refractivity contribution is -0.359. The lowest BCUT2D eigenvalue weighted by atomic mass is 9.97. The molecule has 2 saturated heterocycles. The predicted octanol–water partition coefficient (Wildman–Crippen LogP) is 10.3. The first-order chi connectivity index (χ1) is 35.6. The number of hydrogen-bond acceptors (Lipinski definition) is 13. The fourth-order valence-corrected chi connectivity index (χ4v) is 10.3. The van der Waals surface area contributed by atoms with Gasteiger partial charge in [0.1, 0.15) is 48.8 Å². The van der Waals surface area contributed by atoms with Crippen molar-refractivity contribution in [3.05, 3.63) is 12.2 Å². The minimum atomic E-state index is -1.78. The van der Waals surface area contributed by atoms with E-state index in [1.165, 1.54) is 180 Å². The van der Waals surface area contributed by atoms with Crippen LogP contribution in [-0.4, -0.2) is 140 Å². The number of unbranched alkanes of at least 4 members (excludes halogenated alkanes) is 34. The average Bonchev–Trinajstić information content (AvgIpc) is 3.39. The molecule has 2 fully saturated rings. The zero-order valence-electron chi connectivity index (χ0n) is 46.4. The highest BCUT2D eigenvalue weighted by atomic mass is 16.7. The first-order valence-corrected chi connectivity index (χ1v) is 30.4. The third kappa shape index (κ3) is 31.7. The summed E-state index contributed by atoms with van der Waals surface area (Å²) in [5.41, 5.74) is 0. The number of allylic oxidation sites excluding steroid dienone is 2. The molecule has 73 heavy (non-hydrogen) atoms. The summed E-state index contributed by atoms with van der Waals surface area (Å²) in [5.74, 6) is -0.207. The van der Waals surface area contributed by atoms with Gasteiger partial charge in [-0.25, -0.2) is 0 Å². The van der Waals surface area contributed by atoms with E-state index in [9.17, 15) is 45.6 Å². The van der Waals surface area contributed by atoms with Crippen LogP contribution < -0.4 is 5.32 Å². The second-order valence-electron chi connectivity index (χ2n) is 21.8. The Morgan fingerprint density at radius 3 is 1.30 bits per heavy atom. The number of carbonyl (C=O) groups excluding carboxylic acids is 1. The molecule has 12 atom stereocenters. The highest BCUT2D eigenvalue weighted by molar-refractivity contribution is 5.76. The Kier molecular flexibility index (Phi) is 42.5. The van der Waals surface area contributed by atoms with E-state index in [1.807, 2.05) is 0 Å². The monoisotopic (exact) mass is 1040 g/mol. The molecule has 0 bridgehead atoms. The number of carbonyl (C=O) groups is 1. The van der Waals surface area contributed by atoms with Gasteiger partial charge in [0.25, 0.3) is 0 Å². The van der Waals surface area contributed by atoms with Gasteiger partial charge in [-0.05, 0) is 38.5 Å². The van der Waals surface area contributed by atoms with Crippen molar-refractivity contribution in [2.75, 3.05) is 19.8 Å². The average molecular weight is 1040 g/mol. The zero-order valence-corrected chi connectivity index (χ0v) is 46.4. The summed E-state index contributed by atoms with van der Waals surface area (Å²) in [5, 5.41) is 87.3. The van der Waals surface area contributed by atoms with Crippen LogP contribution in [0.3, 0.4) is 0 Å². The Hall–Kier alpha value is -1.27. The molecule has 0 aromatic carbocycles. The summed E-state index contributed by atoms with van der Waals surface area (Å²) in [6, 6.07) is -0.828. The normalized spacial score (nSPS) is 25.4. The van der Waals surface area contributed by atoms with Gasteiger partial charge >= 0.3 is 0 Å². The Balaban J connectivity index is 1.75. The quantitative estimate of drug-likeness (QED) is 0.0204. The first-order valence-electron chi connectivity index (χ1n) is 30.4. The molecule has 12 unspecified atom stereocenters. The summed E-state index contributed by atoms with van der Waals surface area (Å²) in [7, 11) is 0. The molecule has 2 aliphatic heterocycles. The number of ether oxygens (including phenoxy) is 4. The molecule has 432 valence electrons. The maximum absolute atomic E-state index is 13.3. The van der Waals surface area contributed by atoms with Crippen LogP contribution in [0.1, 0.15) is 264 Å². The van der Waals surface area contributed by atoms with Gasteiger partial charge in [-0.3, -0.25) is 4.79 Å². The van der Waals surface area contributed by atoms with Crippen LogP contribution in [0, 0.1) is 0 Å². The molecule has 2 aliphatic rings. The highest BCUT2D eigenvalue weighted by Crippen LogP contribution is 2.30. The van der Waals surface area contributed by atoms with Crippen LogP contribution in [0.2, 0.25) is 0 Å². The molecule has 0 spiro atoms. The molecule has 14 nitrogen and oxygen atoms in total. The Labute approximate surface area is 444 Å². The van der Waals surface area contributed by atoms with Crippen molar-refractivity contribution in [1.82, 2.24) is 5.32 Å². The SMILES string of the molecule is CCCCCCCCC/C=C\CCCCCCCCCC(=O)NC(COC1OC(CO)C(OC2OC(CO)C(O)C(O)C2O)C(O)C1O)C(O)CCCCCCCCCCCCCCCCCCCCCCC. The molecule has 1 amide bonds. The van der Waals surface area contributed by atoms with Crippen LogP contribution >= 0.6 is 0 Å². The Bertz CT molecular complexity index is 1280. The van der Waals surface area contributed by atoms with Crippen LogP contribution in [-0.2, 0) is 23.7 Å². The second kappa shape index (κ2) is 45.7. The van der Waals surface area contributed by atoms with Gasteiger partial charge in [0.15, 0.2) is 12.6 Å². The number of nitrogens with one attached hydrogen (secondary N) is 1. The van der Waals surface area contributed by atoms with E-state index in [2.05, 4.69) is 31.3 Å². The molecule has 14 heteroatoms. The van der Waals surface area contributed by atoms with Gasteiger partial charge in [-0.15, -0.1) is 0 Å². The third-order valence-corrected chi connectivity index (χ3v) is 15.2. The largest absolute Gasteiger partial charge is 0.394 e. The van der Waals surface area contributed by atoms with Gasteiger partial charge in [0.2, 0.25) is 5.91 Å². The Morgan fingerprint density at radius 2 is 0.863 bits per heavy atom. The van der Waals surface area contributed by atoms with E-state index in [0.29, 0.717) is 12.8 Å². The molecule has 2 rings (SSSR count). The molecule has 0 aromatic rings. The molecular formula is C59H113NO13. The number of amides is 1. The number of rotatable bonds is 49. The van der Waals surface area contributed by atoms with E-state index < -0.39 is 86.8 Å². The fraction of sp³-hybridized carbons (Fsp3) is 0.949. The van der Waals surface area contributed by atoms with Gasteiger partial charge < -0.3 is 65.1 Å². The molecular weight excluding hydrogens is 931 g/mol. The number of hydrogen-bond donors (Lipinski definition) is 9. The topological polar surface area (TPSA) is 228 Å².